The molecule has 0 spiro atoms. The third-order valence-electron chi connectivity index (χ3n) is 5.49. The van der Waals surface area contributed by atoms with Crippen LogP contribution in [0.1, 0.15) is 35.8 Å². The van der Waals surface area contributed by atoms with Gasteiger partial charge in [-0.1, -0.05) is 6.07 Å². The summed E-state index contributed by atoms with van der Waals surface area (Å²) in [6, 6.07) is 11.1. The van der Waals surface area contributed by atoms with E-state index in [1.165, 1.54) is 0 Å². The Bertz CT molecular complexity index is 1270. The average molecular weight is 428 g/mol. The standard InChI is InChI=1S/C24H24N6O2/c1-16-14-30(15-26-16)18-8-9-21-19(13-18)24(31)28-22-7-3-6-20(27-22)23-25-10-12-29(23)11-4-5-17(2)32-21/h3,6-10,12-15,17H,4-5,11H2,1-2H3,(H,27,28,31)/t17-/m1/s1. The Balaban J connectivity index is 1.56. The van der Waals surface area contributed by atoms with Gasteiger partial charge in [0.25, 0.3) is 5.91 Å². The van der Waals surface area contributed by atoms with Crippen LogP contribution < -0.4 is 10.1 Å². The third-order valence-corrected chi connectivity index (χ3v) is 5.49. The van der Waals surface area contributed by atoms with Crippen molar-refractivity contribution in [3.8, 4) is 23.0 Å². The number of aromatic nitrogens is 5. The van der Waals surface area contributed by atoms with E-state index in [4.69, 9.17) is 4.74 Å². The number of rotatable bonds is 1. The van der Waals surface area contributed by atoms with Gasteiger partial charge in [0.2, 0.25) is 0 Å². The lowest BCUT2D eigenvalue weighted by atomic mass is 10.1. The first-order valence-corrected chi connectivity index (χ1v) is 10.7. The third kappa shape index (κ3) is 3.99. The van der Waals surface area contributed by atoms with Gasteiger partial charge in [-0.15, -0.1) is 0 Å². The highest BCUT2D eigenvalue weighted by atomic mass is 16.5. The minimum absolute atomic E-state index is 0.0475. The SMILES string of the molecule is Cc1cn(-c2ccc3c(c2)C(=O)Nc2cccc(n2)-c2nccn2CCC[C@@H](C)O3)cn1. The molecule has 0 saturated heterocycles. The molecule has 1 aliphatic heterocycles. The molecule has 0 aliphatic carbocycles. The number of aryl methyl sites for hydroxylation is 2. The molecule has 32 heavy (non-hydrogen) atoms. The lowest BCUT2D eigenvalue weighted by Gasteiger charge is -2.19. The summed E-state index contributed by atoms with van der Waals surface area (Å²) in [6.45, 7) is 4.77. The van der Waals surface area contributed by atoms with Gasteiger partial charge in [-0.3, -0.25) is 4.79 Å². The van der Waals surface area contributed by atoms with Crippen LogP contribution in [0.15, 0.2) is 61.3 Å². The number of carbonyl (C=O) groups excluding carboxylic acids is 1. The summed E-state index contributed by atoms with van der Waals surface area (Å²) >= 11 is 0. The highest BCUT2D eigenvalue weighted by Gasteiger charge is 2.19. The van der Waals surface area contributed by atoms with Crippen molar-refractivity contribution < 1.29 is 9.53 Å². The van der Waals surface area contributed by atoms with Gasteiger partial charge in [-0.2, -0.15) is 0 Å². The second-order valence-corrected chi connectivity index (χ2v) is 7.98. The van der Waals surface area contributed by atoms with Gasteiger partial charge in [0.05, 0.1) is 23.7 Å². The normalized spacial score (nSPS) is 16.3. The van der Waals surface area contributed by atoms with Crippen LogP contribution in [0.5, 0.6) is 5.75 Å². The first kappa shape index (κ1) is 20.0. The summed E-state index contributed by atoms with van der Waals surface area (Å²) in [6.07, 6.45) is 9.08. The minimum atomic E-state index is -0.282. The monoisotopic (exact) mass is 428 g/mol. The molecule has 1 amide bonds. The van der Waals surface area contributed by atoms with E-state index in [0.717, 1.165) is 42.3 Å². The van der Waals surface area contributed by atoms with Crippen LogP contribution in [0.3, 0.4) is 0 Å². The van der Waals surface area contributed by atoms with Crippen LogP contribution in [0, 0.1) is 6.92 Å². The van der Waals surface area contributed by atoms with Crippen LogP contribution in [-0.4, -0.2) is 36.1 Å². The number of imidazole rings is 2. The predicted octanol–water partition coefficient (Wildman–Crippen LogP) is 4.25. The van der Waals surface area contributed by atoms with Crippen molar-refractivity contribution >= 4 is 11.7 Å². The van der Waals surface area contributed by atoms with Crippen LogP contribution >= 0.6 is 0 Å². The maximum atomic E-state index is 13.3. The highest BCUT2D eigenvalue weighted by Crippen LogP contribution is 2.27. The number of nitrogens with one attached hydrogen (secondary N) is 1. The number of benzene rings is 1. The molecule has 162 valence electrons. The van der Waals surface area contributed by atoms with Crippen molar-refractivity contribution in [2.24, 2.45) is 0 Å². The summed E-state index contributed by atoms with van der Waals surface area (Å²) < 4.78 is 10.2. The summed E-state index contributed by atoms with van der Waals surface area (Å²) in [4.78, 5) is 26.7. The molecule has 2 bridgehead atoms. The molecule has 1 aliphatic rings. The molecular weight excluding hydrogens is 404 g/mol. The quantitative estimate of drug-likeness (QED) is 0.490. The van der Waals surface area contributed by atoms with Crippen molar-refractivity contribution in [1.82, 2.24) is 24.1 Å². The molecule has 3 aromatic heterocycles. The zero-order chi connectivity index (χ0) is 22.1. The second kappa shape index (κ2) is 8.30. The molecule has 0 unspecified atom stereocenters. The number of amides is 1. The largest absolute Gasteiger partial charge is 0.490 e. The van der Waals surface area contributed by atoms with Gasteiger partial charge in [-0.25, -0.2) is 15.0 Å². The highest BCUT2D eigenvalue weighted by molar-refractivity contribution is 6.06. The Morgan fingerprint density at radius 2 is 2.09 bits per heavy atom. The Morgan fingerprint density at radius 3 is 2.94 bits per heavy atom. The van der Waals surface area contributed by atoms with E-state index >= 15 is 0 Å². The van der Waals surface area contributed by atoms with Crippen LogP contribution in [-0.2, 0) is 6.54 Å². The molecule has 8 heteroatoms. The first-order chi connectivity index (χ1) is 15.6. The molecule has 4 heterocycles. The molecule has 1 N–H and O–H groups in total. The van der Waals surface area contributed by atoms with Gasteiger partial charge < -0.3 is 19.2 Å². The lowest BCUT2D eigenvalue weighted by molar-refractivity contribution is 0.101. The molecule has 4 aromatic rings. The predicted molar refractivity (Wildman–Crippen MR) is 121 cm³/mol. The Kier molecular flexibility index (Phi) is 5.18. The van der Waals surface area contributed by atoms with E-state index in [0.29, 0.717) is 17.1 Å². The molecular formula is C24H24N6O2. The first-order valence-electron chi connectivity index (χ1n) is 10.7. The fourth-order valence-corrected chi connectivity index (χ4v) is 3.88. The van der Waals surface area contributed by atoms with E-state index in [1.807, 2.05) is 61.1 Å². The number of ether oxygens (including phenoxy) is 1. The van der Waals surface area contributed by atoms with Gasteiger partial charge in [-0.05, 0) is 57.0 Å². The molecule has 0 saturated carbocycles. The zero-order valence-corrected chi connectivity index (χ0v) is 18.0. The Morgan fingerprint density at radius 1 is 1.19 bits per heavy atom. The van der Waals surface area contributed by atoms with Crippen LogP contribution in [0.4, 0.5) is 5.82 Å². The number of hydrogen-bond donors (Lipinski definition) is 1. The zero-order valence-electron chi connectivity index (χ0n) is 18.0. The lowest BCUT2D eigenvalue weighted by Crippen LogP contribution is -2.19. The summed E-state index contributed by atoms with van der Waals surface area (Å²) in [5, 5.41) is 2.92. The maximum Gasteiger partial charge on any atom is 0.260 e. The van der Waals surface area contributed by atoms with Crippen molar-refractivity contribution in [2.45, 2.75) is 39.3 Å². The smallest absolute Gasteiger partial charge is 0.260 e. The Labute approximate surface area is 185 Å². The van der Waals surface area contributed by atoms with E-state index in [1.54, 1.807) is 18.6 Å². The van der Waals surface area contributed by atoms with Crippen LogP contribution in [0.25, 0.3) is 17.2 Å². The molecule has 0 radical (unpaired) electrons. The Hall–Kier alpha value is -3.94. The van der Waals surface area contributed by atoms with E-state index in [2.05, 4.69) is 24.8 Å². The van der Waals surface area contributed by atoms with Gasteiger partial charge >= 0.3 is 0 Å². The summed E-state index contributed by atoms with van der Waals surface area (Å²) in [5.41, 5.74) is 2.91. The number of pyridine rings is 1. The maximum absolute atomic E-state index is 13.3. The summed E-state index contributed by atoms with van der Waals surface area (Å²) in [5.74, 6) is 1.51. The van der Waals surface area contributed by atoms with E-state index in [-0.39, 0.29) is 12.0 Å². The summed E-state index contributed by atoms with van der Waals surface area (Å²) in [7, 11) is 0. The van der Waals surface area contributed by atoms with Gasteiger partial charge in [0.1, 0.15) is 17.3 Å². The molecule has 1 atom stereocenters. The van der Waals surface area contributed by atoms with Crippen molar-refractivity contribution in [2.75, 3.05) is 5.32 Å². The average Bonchev–Trinajstić information content (AvgIpc) is 3.43. The van der Waals surface area contributed by atoms with Crippen LogP contribution in [0.2, 0.25) is 0 Å². The second-order valence-electron chi connectivity index (χ2n) is 7.98. The number of anilines is 1. The molecule has 0 fully saturated rings. The number of fused-ring (bicyclic) bond motifs is 5. The fraction of sp³-hybridized carbons (Fsp3) is 0.250. The molecule has 8 nitrogen and oxygen atoms in total. The topological polar surface area (TPSA) is 86.9 Å². The van der Waals surface area contributed by atoms with Crippen molar-refractivity contribution in [3.05, 3.63) is 72.6 Å². The number of hydrogen-bond acceptors (Lipinski definition) is 5. The number of carbonyl (C=O) groups is 1. The fourth-order valence-electron chi connectivity index (χ4n) is 3.88. The van der Waals surface area contributed by atoms with Gasteiger partial charge in [0.15, 0.2) is 5.82 Å². The molecule has 5 rings (SSSR count). The van der Waals surface area contributed by atoms with Gasteiger partial charge in [0, 0.05) is 30.8 Å². The van der Waals surface area contributed by atoms with E-state index < -0.39 is 0 Å². The molecule has 1 aromatic carbocycles. The minimum Gasteiger partial charge on any atom is -0.490 e. The van der Waals surface area contributed by atoms with Crippen molar-refractivity contribution in [3.63, 3.8) is 0 Å². The number of nitrogens with zero attached hydrogens (tertiary/aromatic N) is 5. The van der Waals surface area contributed by atoms with E-state index in [9.17, 15) is 4.79 Å². The van der Waals surface area contributed by atoms with Crippen molar-refractivity contribution in [1.29, 1.82) is 0 Å².